The van der Waals surface area contributed by atoms with Gasteiger partial charge in [-0.2, -0.15) is 5.21 Å². The van der Waals surface area contributed by atoms with Crippen molar-refractivity contribution in [1.29, 1.82) is 0 Å². The first kappa shape index (κ1) is 13.2. The second-order valence-electron chi connectivity index (χ2n) is 5.53. The molecule has 6 nitrogen and oxygen atoms in total. The van der Waals surface area contributed by atoms with Crippen molar-refractivity contribution in [3.63, 3.8) is 0 Å². The van der Waals surface area contributed by atoms with Crippen LogP contribution in [0.4, 0.5) is 8.78 Å². The fraction of sp³-hybridized carbons (Fsp3) is 0.357. The fourth-order valence-corrected chi connectivity index (χ4v) is 3.19. The maximum Gasteiger partial charge on any atom is 0.222 e. The van der Waals surface area contributed by atoms with E-state index in [9.17, 15) is 8.78 Å². The number of fused-ring (bicyclic) bond motifs is 1. The van der Waals surface area contributed by atoms with E-state index in [1.54, 1.807) is 0 Å². The van der Waals surface area contributed by atoms with Crippen LogP contribution < -0.4 is 5.32 Å². The zero-order valence-corrected chi connectivity index (χ0v) is 11.7. The number of benzene rings is 1. The van der Waals surface area contributed by atoms with Crippen molar-refractivity contribution in [2.75, 3.05) is 6.67 Å². The number of aryl methyl sites for hydroxylation is 1. The van der Waals surface area contributed by atoms with E-state index < -0.39 is 11.6 Å². The molecule has 0 bridgehead atoms. The van der Waals surface area contributed by atoms with E-state index in [1.165, 1.54) is 12.1 Å². The van der Waals surface area contributed by atoms with E-state index in [-0.39, 0.29) is 6.04 Å². The summed E-state index contributed by atoms with van der Waals surface area (Å²) in [6.07, 6.45) is 4.12. The Morgan fingerprint density at radius 3 is 2.77 bits per heavy atom. The number of hydrogen-bond donors (Lipinski definition) is 2. The van der Waals surface area contributed by atoms with E-state index in [2.05, 4.69) is 30.8 Å². The molecular weight excluding hydrogens is 290 g/mol. The first-order valence-corrected chi connectivity index (χ1v) is 7.13. The summed E-state index contributed by atoms with van der Waals surface area (Å²) in [4.78, 5) is 2.15. The number of nitrogens with zero attached hydrogens (tertiary/aromatic N) is 4. The van der Waals surface area contributed by atoms with Gasteiger partial charge in [0, 0.05) is 12.2 Å². The summed E-state index contributed by atoms with van der Waals surface area (Å²) in [6.45, 7) is 0.646. The first-order chi connectivity index (χ1) is 10.7. The maximum absolute atomic E-state index is 13.5. The second kappa shape index (κ2) is 5.04. The van der Waals surface area contributed by atoms with Crippen LogP contribution in [-0.2, 0) is 12.8 Å². The molecule has 2 N–H and O–H groups in total. The molecule has 0 saturated carbocycles. The van der Waals surface area contributed by atoms with Gasteiger partial charge in [-0.3, -0.25) is 0 Å². The lowest BCUT2D eigenvalue weighted by molar-refractivity contribution is 0.274. The van der Waals surface area contributed by atoms with E-state index in [0.29, 0.717) is 18.9 Å². The van der Waals surface area contributed by atoms with Gasteiger partial charge in [0.05, 0.1) is 6.67 Å². The second-order valence-corrected chi connectivity index (χ2v) is 5.53. The molecular formula is C14H14F2N6. The molecule has 1 aromatic carbocycles. The minimum absolute atomic E-state index is 0.192. The predicted molar refractivity (Wildman–Crippen MR) is 74.2 cm³/mol. The van der Waals surface area contributed by atoms with Gasteiger partial charge in [0.1, 0.15) is 5.70 Å². The number of tetrazole rings is 1. The summed E-state index contributed by atoms with van der Waals surface area (Å²) in [6, 6.07) is 2.83. The number of H-pyrrole nitrogens is 1. The SMILES string of the molecule is Fc1cc2c(cc1F)CC(N1CNC=C1c1nn[nH]n1)CC2. The van der Waals surface area contributed by atoms with Crippen molar-refractivity contribution in [1.82, 2.24) is 30.8 Å². The Kier molecular flexibility index (Phi) is 3.02. The van der Waals surface area contributed by atoms with Gasteiger partial charge in [-0.05, 0) is 47.7 Å². The highest BCUT2D eigenvalue weighted by molar-refractivity contribution is 5.59. The monoisotopic (exact) mass is 304 g/mol. The number of hydrogen-bond acceptors (Lipinski definition) is 5. The molecule has 114 valence electrons. The van der Waals surface area contributed by atoms with Crippen LogP contribution in [0.5, 0.6) is 0 Å². The molecule has 4 rings (SSSR count). The highest BCUT2D eigenvalue weighted by Gasteiger charge is 2.30. The molecule has 0 fully saturated rings. The van der Waals surface area contributed by atoms with Gasteiger partial charge in [0.15, 0.2) is 11.6 Å². The Morgan fingerprint density at radius 1 is 1.18 bits per heavy atom. The molecule has 8 heteroatoms. The van der Waals surface area contributed by atoms with Crippen molar-refractivity contribution < 1.29 is 8.78 Å². The molecule has 0 spiro atoms. The minimum atomic E-state index is -0.784. The zero-order chi connectivity index (χ0) is 15.1. The topological polar surface area (TPSA) is 69.7 Å². The number of rotatable bonds is 2. The third-order valence-electron chi connectivity index (χ3n) is 4.27. The van der Waals surface area contributed by atoms with Crippen LogP contribution in [-0.4, -0.2) is 38.2 Å². The average Bonchev–Trinajstić information content (AvgIpc) is 3.18. The Bertz CT molecular complexity index is 727. The van der Waals surface area contributed by atoms with Crippen molar-refractivity contribution in [3.05, 3.63) is 46.9 Å². The number of aromatic nitrogens is 4. The standard InChI is InChI=1S/C14H14F2N6/c15-11-4-8-1-2-10(3-9(8)5-12(11)16)22-7-17-6-13(22)14-18-20-21-19-14/h4-6,10,17H,1-3,7H2,(H,18,19,20,21). The summed E-state index contributed by atoms with van der Waals surface area (Å²) in [7, 11) is 0. The van der Waals surface area contributed by atoms with Crippen molar-refractivity contribution in [2.24, 2.45) is 0 Å². The quantitative estimate of drug-likeness (QED) is 0.872. The van der Waals surface area contributed by atoms with Crippen LogP contribution in [0.1, 0.15) is 23.4 Å². The fourth-order valence-electron chi connectivity index (χ4n) is 3.19. The highest BCUT2D eigenvalue weighted by atomic mass is 19.2. The van der Waals surface area contributed by atoms with Gasteiger partial charge < -0.3 is 10.2 Å². The maximum atomic E-state index is 13.5. The largest absolute Gasteiger partial charge is 0.372 e. The molecule has 2 aliphatic rings. The van der Waals surface area contributed by atoms with Crippen LogP contribution >= 0.6 is 0 Å². The smallest absolute Gasteiger partial charge is 0.222 e. The molecule has 2 heterocycles. The Morgan fingerprint density at radius 2 is 2.00 bits per heavy atom. The van der Waals surface area contributed by atoms with Gasteiger partial charge in [-0.1, -0.05) is 0 Å². The summed E-state index contributed by atoms with van der Waals surface area (Å²) in [5.41, 5.74) is 2.63. The van der Waals surface area contributed by atoms with E-state index in [4.69, 9.17) is 0 Å². The van der Waals surface area contributed by atoms with Crippen molar-refractivity contribution in [3.8, 4) is 0 Å². The molecule has 1 aliphatic carbocycles. The molecule has 1 aliphatic heterocycles. The molecule has 1 unspecified atom stereocenters. The van der Waals surface area contributed by atoms with Crippen molar-refractivity contribution in [2.45, 2.75) is 25.3 Å². The van der Waals surface area contributed by atoms with Crippen LogP contribution in [0.2, 0.25) is 0 Å². The molecule has 1 aromatic heterocycles. The minimum Gasteiger partial charge on any atom is -0.372 e. The normalized spacial score (nSPS) is 20.5. The molecule has 0 saturated heterocycles. The van der Waals surface area contributed by atoms with Gasteiger partial charge in [0.25, 0.3) is 0 Å². The number of halogens is 2. The Hall–Kier alpha value is -2.51. The van der Waals surface area contributed by atoms with Gasteiger partial charge in [0.2, 0.25) is 5.82 Å². The van der Waals surface area contributed by atoms with Crippen LogP contribution in [0.15, 0.2) is 18.3 Å². The van der Waals surface area contributed by atoms with E-state index in [0.717, 1.165) is 29.7 Å². The lowest BCUT2D eigenvalue weighted by Crippen LogP contribution is -2.38. The predicted octanol–water partition coefficient (Wildman–Crippen LogP) is 1.20. The molecule has 22 heavy (non-hydrogen) atoms. The van der Waals surface area contributed by atoms with Crippen LogP contribution in [0, 0.1) is 11.6 Å². The Labute approximate surface area is 125 Å². The molecule has 1 atom stereocenters. The van der Waals surface area contributed by atoms with E-state index >= 15 is 0 Å². The third kappa shape index (κ3) is 2.11. The van der Waals surface area contributed by atoms with Gasteiger partial charge in [-0.25, -0.2) is 8.78 Å². The third-order valence-corrected chi connectivity index (χ3v) is 4.27. The zero-order valence-electron chi connectivity index (χ0n) is 11.7. The summed E-state index contributed by atoms with van der Waals surface area (Å²) >= 11 is 0. The van der Waals surface area contributed by atoms with Crippen LogP contribution in [0.3, 0.4) is 0 Å². The highest BCUT2D eigenvalue weighted by Crippen LogP contribution is 2.30. The molecule has 0 radical (unpaired) electrons. The molecule has 0 amide bonds. The molecule has 2 aromatic rings. The van der Waals surface area contributed by atoms with Gasteiger partial charge in [-0.15, -0.1) is 10.2 Å². The lowest BCUT2D eigenvalue weighted by Gasteiger charge is -2.34. The summed E-state index contributed by atoms with van der Waals surface area (Å²) in [5.74, 6) is -1.03. The van der Waals surface area contributed by atoms with Crippen molar-refractivity contribution >= 4 is 5.70 Å². The average molecular weight is 304 g/mol. The first-order valence-electron chi connectivity index (χ1n) is 7.13. The Balaban J connectivity index is 1.60. The summed E-state index contributed by atoms with van der Waals surface area (Å²) in [5, 5.41) is 17.2. The number of aromatic amines is 1. The summed E-state index contributed by atoms with van der Waals surface area (Å²) < 4.78 is 26.8. The van der Waals surface area contributed by atoms with E-state index in [1.807, 2.05) is 6.20 Å². The lowest BCUT2D eigenvalue weighted by atomic mass is 9.87. The number of nitrogens with one attached hydrogen (secondary N) is 2. The van der Waals surface area contributed by atoms with Gasteiger partial charge >= 0.3 is 0 Å². The van der Waals surface area contributed by atoms with Crippen LogP contribution in [0.25, 0.3) is 5.70 Å².